The average molecular weight is 310 g/mol. The summed E-state index contributed by atoms with van der Waals surface area (Å²) in [5.41, 5.74) is 6.56. The van der Waals surface area contributed by atoms with Crippen LogP contribution in [0.2, 0.25) is 0 Å². The highest BCUT2D eigenvalue weighted by Crippen LogP contribution is 2.27. The molecule has 0 spiro atoms. The second-order valence-electron chi connectivity index (χ2n) is 4.98. The number of imidazole rings is 1. The summed E-state index contributed by atoms with van der Waals surface area (Å²) in [6, 6.07) is 13.5. The van der Waals surface area contributed by atoms with Crippen LogP contribution in [0.4, 0.5) is 5.95 Å². The van der Waals surface area contributed by atoms with Gasteiger partial charge in [0.2, 0.25) is 5.95 Å². The number of benzene rings is 2. The molecule has 0 aliphatic rings. The molecular formula is C17H18N4O2. The largest absolute Gasteiger partial charge is 0.493 e. The Labute approximate surface area is 134 Å². The van der Waals surface area contributed by atoms with E-state index in [1.807, 2.05) is 49.4 Å². The van der Waals surface area contributed by atoms with Crippen molar-refractivity contribution in [3.63, 3.8) is 0 Å². The van der Waals surface area contributed by atoms with Gasteiger partial charge in [0.05, 0.1) is 31.0 Å². The number of H-pyrrole nitrogens is 1. The lowest BCUT2D eigenvalue weighted by atomic mass is 10.1. The van der Waals surface area contributed by atoms with Crippen molar-refractivity contribution in [3.8, 4) is 11.5 Å². The first-order valence-corrected chi connectivity index (χ1v) is 7.18. The predicted molar refractivity (Wildman–Crippen MR) is 91.5 cm³/mol. The number of fused-ring (bicyclic) bond motifs is 1. The molecule has 0 atom stereocenters. The molecule has 118 valence electrons. The van der Waals surface area contributed by atoms with Crippen molar-refractivity contribution in [2.75, 3.05) is 19.6 Å². The van der Waals surface area contributed by atoms with Crippen molar-refractivity contribution in [2.45, 2.75) is 6.92 Å². The molecule has 0 amide bonds. The number of anilines is 1. The standard InChI is InChI=1S/C17H18N4O2/c1-11(12-8-9-15(22-2)16(10-12)23-3)20-21-17-18-13-6-4-5-7-14(13)19-17/h4-10H,1-3H3,(H2,18,19,21). The quantitative estimate of drug-likeness (QED) is 0.559. The Morgan fingerprint density at radius 2 is 1.87 bits per heavy atom. The van der Waals surface area contributed by atoms with Gasteiger partial charge in [-0.3, -0.25) is 0 Å². The highest BCUT2D eigenvalue weighted by Gasteiger charge is 2.07. The highest BCUT2D eigenvalue weighted by atomic mass is 16.5. The van der Waals surface area contributed by atoms with Gasteiger partial charge in [-0.25, -0.2) is 10.4 Å². The molecule has 2 N–H and O–H groups in total. The van der Waals surface area contributed by atoms with Crippen molar-refractivity contribution < 1.29 is 9.47 Å². The lowest BCUT2D eigenvalue weighted by Crippen LogP contribution is -2.01. The van der Waals surface area contributed by atoms with Crippen molar-refractivity contribution >= 4 is 22.7 Å². The van der Waals surface area contributed by atoms with Crippen LogP contribution in [0.3, 0.4) is 0 Å². The number of ether oxygens (including phenoxy) is 2. The van der Waals surface area contributed by atoms with E-state index in [2.05, 4.69) is 20.5 Å². The molecule has 3 aromatic rings. The van der Waals surface area contributed by atoms with Crippen molar-refractivity contribution in [3.05, 3.63) is 48.0 Å². The molecule has 0 saturated carbocycles. The Balaban J connectivity index is 1.81. The number of hydrogen-bond donors (Lipinski definition) is 2. The number of hydrogen-bond acceptors (Lipinski definition) is 5. The maximum atomic E-state index is 5.31. The summed E-state index contributed by atoms with van der Waals surface area (Å²) in [6.07, 6.45) is 0. The first kappa shape index (κ1) is 14.9. The van der Waals surface area contributed by atoms with Gasteiger partial charge < -0.3 is 14.5 Å². The maximum Gasteiger partial charge on any atom is 0.222 e. The minimum atomic E-state index is 0.603. The molecule has 1 aromatic heterocycles. The number of para-hydroxylation sites is 2. The fraction of sp³-hybridized carbons (Fsp3) is 0.176. The Kier molecular flexibility index (Phi) is 4.14. The molecule has 0 aliphatic carbocycles. The molecule has 23 heavy (non-hydrogen) atoms. The van der Waals surface area contributed by atoms with Gasteiger partial charge in [-0.05, 0) is 37.3 Å². The number of nitrogens with one attached hydrogen (secondary N) is 2. The number of rotatable bonds is 5. The predicted octanol–water partition coefficient (Wildman–Crippen LogP) is 3.42. The molecular weight excluding hydrogens is 292 g/mol. The first-order valence-electron chi connectivity index (χ1n) is 7.18. The van der Waals surface area contributed by atoms with E-state index in [1.54, 1.807) is 14.2 Å². The monoisotopic (exact) mass is 310 g/mol. The van der Waals surface area contributed by atoms with E-state index in [9.17, 15) is 0 Å². The maximum absolute atomic E-state index is 5.31. The van der Waals surface area contributed by atoms with Crippen LogP contribution < -0.4 is 14.9 Å². The second kappa shape index (κ2) is 6.39. The molecule has 0 fully saturated rings. The summed E-state index contributed by atoms with van der Waals surface area (Å²) in [7, 11) is 3.22. The fourth-order valence-corrected chi connectivity index (χ4v) is 2.27. The molecule has 0 unspecified atom stereocenters. The Morgan fingerprint density at radius 3 is 2.61 bits per heavy atom. The molecule has 6 heteroatoms. The van der Waals surface area contributed by atoms with Gasteiger partial charge in [-0.15, -0.1) is 0 Å². The van der Waals surface area contributed by atoms with Gasteiger partial charge in [0.25, 0.3) is 0 Å². The molecule has 2 aromatic carbocycles. The Morgan fingerprint density at radius 1 is 1.09 bits per heavy atom. The van der Waals surface area contributed by atoms with Crippen LogP contribution in [0.5, 0.6) is 11.5 Å². The number of aromatic amines is 1. The van der Waals surface area contributed by atoms with Crippen LogP contribution >= 0.6 is 0 Å². The summed E-state index contributed by atoms with van der Waals surface area (Å²) in [4.78, 5) is 7.59. The van der Waals surface area contributed by atoms with Crippen LogP contribution in [0.1, 0.15) is 12.5 Å². The van der Waals surface area contributed by atoms with Crippen molar-refractivity contribution in [2.24, 2.45) is 5.10 Å². The average Bonchev–Trinajstić information content (AvgIpc) is 3.01. The van der Waals surface area contributed by atoms with E-state index in [1.165, 1.54) is 0 Å². The van der Waals surface area contributed by atoms with E-state index in [0.29, 0.717) is 17.4 Å². The van der Waals surface area contributed by atoms with Gasteiger partial charge in [-0.2, -0.15) is 5.10 Å². The molecule has 6 nitrogen and oxygen atoms in total. The number of aromatic nitrogens is 2. The normalized spacial score (nSPS) is 11.5. The van der Waals surface area contributed by atoms with Gasteiger partial charge in [0.1, 0.15) is 0 Å². The van der Waals surface area contributed by atoms with Crippen LogP contribution in [0, 0.1) is 0 Å². The zero-order valence-electron chi connectivity index (χ0n) is 13.3. The van der Waals surface area contributed by atoms with Gasteiger partial charge in [0.15, 0.2) is 11.5 Å². The van der Waals surface area contributed by atoms with Crippen molar-refractivity contribution in [1.29, 1.82) is 0 Å². The van der Waals surface area contributed by atoms with Crippen LogP contribution in [0.25, 0.3) is 11.0 Å². The van der Waals surface area contributed by atoms with E-state index >= 15 is 0 Å². The molecule has 0 aliphatic heterocycles. The summed E-state index contributed by atoms with van der Waals surface area (Å²) >= 11 is 0. The lowest BCUT2D eigenvalue weighted by molar-refractivity contribution is 0.355. The summed E-state index contributed by atoms with van der Waals surface area (Å²) in [5.74, 6) is 1.96. The minimum absolute atomic E-state index is 0.603. The number of nitrogens with zero attached hydrogens (tertiary/aromatic N) is 2. The molecule has 0 saturated heterocycles. The fourth-order valence-electron chi connectivity index (χ4n) is 2.27. The third-order valence-corrected chi connectivity index (χ3v) is 3.52. The van der Waals surface area contributed by atoms with E-state index in [4.69, 9.17) is 9.47 Å². The zero-order valence-corrected chi connectivity index (χ0v) is 13.3. The Bertz CT molecular complexity index is 822. The molecule has 1 heterocycles. The number of hydrazone groups is 1. The molecule has 3 rings (SSSR count). The van der Waals surface area contributed by atoms with E-state index in [-0.39, 0.29) is 0 Å². The summed E-state index contributed by atoms with van der Waals surface area (Å²) in [5, 5.41) is 4.37. The third-order valence-electron chi connectivity index (χ3n) is 3.52. The third kappa shape index (κ3) is 3.11. The van der Waals surface area contributed by atoms with Crippen LogP contribution in [-0.4, -0.2) is 29.9 Å². The minimum Gasteiger partial charge on any atom is -0.493 e. The first-order chi connectivity index (χ1) is 11.2. The molecule has 0 radical (unpaired) electrons. The SMILES string of the molecule is COc1ccc(C(C)=NNc2nc3ccccc3[nH]2)cc1OC. The molecule has 0 bridgehead atoms. The van der Waals surface area contributed by atoms with Crippen LogP contribution in [0.15, 0.2) is 47.6 Å². The van der Waals surface area contributed by atoms with E-state index in [0.717, 1.165) is 22.3 Å². The topological polar surface area (TPSA) is 71.5 Å². The van der Waals surface area contributed by atoms with Crippen LogP contribution in [-0.2, 0) is 0 Å². The number of methoxy groups -OCH3 is 2. The van der Waals surface area contributed by atoms with E-state index < -0.39 is 0 Å². The van der Waals surface area contributed by atoms with Gasteiger partial charge >= 0.3 is 0 Å². The van der Waals surface area contributed by atoms with Crippen molar-refractivity contribution in [1.82, 2.24) is 9.97 Å². The lowest BCUT2D eigenvalue weighted by Gasteiger charge is -2.09. The van der Waals surface area contributed by atoms with Gasteiger partial charge in [0, 0.05) is 5.56 Å². The van der Waals surface area contributed by atoms with Gasteiger partial charge in [-0.1, -0.05) is 12.1 Å². The summed E-state index contributed by atoms with van der Waals surface area (Å²) in [6.45, 7) is 1.91. The second-order valence-corrected chi connectivity index (χ2v) is 4.98. The summed E-state index contributed by atoms with van der Waals surface area (Å²) < 4.78 is 10.5. The smallest absolute Gasteiger partial charge is 0.222 e. The highest BCUT2D eigenvalue weighted by molar-refractivity contribution is 5.99. The Hall–Kier alpha value is -3.02. The zero-order chi connectivity index (χ0) is 16.2.